The molecular weight excluding hydrogens is 1100 g/mol. The first-order valence-electron chi connectivity index (χ1n) is 30.4. The van der Waals surface area contributed by atoms with Gasteiger partial charge in [-0.25, -0.2) is 0 Å². The fourth-order valence-electron chi connectivity index (χ4n) is 9.27. The molecule has 0 unspecified atom stereocenters. The molecule has 0 aromatic heterocycles. The molecule has 8 nitrogen and oxygen atoms in total. The van der Waals surface area contributed by atoms with E-state index in [0.29, 0.717) is 11.1 Å². The average Bonchev–Trinajstić information content (AvgIpc) is 2.30. The summed E-state index contributed by atoms with van der Waals surface area (Å²) < 4.78 is 10.5. The molecule has 90 heavy (non-hydrogen) atoms. The Kier molecular flexibility index (Phi) is 27.5. The van der Waals surface area contributed by atoms with Gasteiger partial charge in [0.25, 0.3) is 0 Å². The lowest BCUT2D eigenvalue weighted by molar-refractivity contribution is 0.111. The van der Waals surface area contributed by atoms with E-state index in [4.69, 9.17) is 9.47 Å². The number of benzene rings is 12. The average molecular weight is 1190 g/mol. The first kappa shape index (κ1) is 66.3. The normalized spacial score (nSPS) is 9.84. The van der Waals surface area contributed by atoms with E-state index in [1.54, 1.807) is 38.5 Å². The van der Waals surface area contributed by atoms with Crippen LogP contribution in [0.3, 0.4) is 0 Å². The van der Waals surface area contributed by atoms with Crippen molar-refractivity contribution in [2.45, 2.75) is 40.5 Å². The topological polar surface area (TPSA) is 65.6 Å². The van der Waals surface area contributed by atoms with Crippen molar-refractivity contribution in [2.24, 2.45) is 0 Å². The molecule has 0 saturated carbocycles. The summed E-state index contributed by atoms with van der Waals surface area (Å²) in [6, 6.07) is 114. The molecule has 12 rings (SSSR count). The lowest BCUT2D eigenvalue weighted by Gasteiger charge is -2.25. The number of aldehydes is 2. The maximum Gasteiger partial charge on any atom is 0.150 e. The van der Waals surface area contributed by atoms with E-state index in [2.05, 4.69) is 229 Å². The highest BCUT2D eigenvalue weighted by molar-refractivity contribution is 5.83. The van der Waals surface area contributed by atoms with Crippen molar-refractivity contribution in [3.63, 3.8) is 0 Å². The number of hydrogen-bond donors (Lipinski definition) is 0. The van der Waals surface area contributed by atoms with Gasteiger partial charge in [0.1, 0.15) is 24.1 Å². The van der Waals surface area contributed by atoms with Gasteiger partial charge in [0, 0.05) is 79.4 Å². The molecule has 0 heterocycles. The Labute approximate surface area is 533 Å². The largest absolute Gasteiger partial charge is 0.497 e. The number of methoxy groups -OCH3 is 2. The monoisotopic (exact) mass is 1180 g/mol. The van der Waals surface area contributed by atoms with Crippen LogP contribution in [0.15, 0.2) is 340 Å². The summed E-state index contributed by atoms with van der Waals surface area (Å²) in [7, 11) is 3.35. The molecule has 0 amide bonds. The minimum atomic E-state index is 0.637. The molecule has 12 aromatic rings. The van der Waals surface area contributed by atoms with Crippen molar-refractivity contribution in [3.8, 4) is 11.5 Å². The summed E-state index contributed by atoms with van der Waals surface area (Å²) in [4.78, 5) is 30.5. The molecule has 452 valence electrons. The van der Waals surface area contributed by atoms with Crippen molar-refractivity contribution in [3.05, 3.63) is 351 Å². The number of rotatable bonds is 16. The fourth-order valence-corrected chi connectivity index (χ4v) is 9.27. The predicted molar refractivity (Wildman–Crippen MR) is 380 cm³/mol. The molecule has 0 aliphatic rings. The van der Waals surface area contributed by atoms with Gasteiger partial charge in [0.2, 0.25) is 0 Å². The van der Waals surface area contributed by atoms with Gasteiger partial charge in [-0.2, -0.15) is 0 Å². The zero-order valence-corrected chi connectivity index (χ0v) is 52.3. The Hall–Kier alpha value is -11.2. The van der Waals surface area contributed by atoms with Crippen LogP contribution in [0.1, 0.15) is 61.3 Å². The Morgan fingerprint density at radius 1 is 0.222 bits per heavy atom. The van der Waals surface area contributed by atoms with Crippen LogP contribution in [0.2, 0.25) is 0 Å². The lowest BCUT2D eigenvalue weighted by Crippen LogP contribution is -2.09. The standard InChI is InChI=1S/C20H19NO2.C20H15NO2.2C18H15N.2C3H8/c1-22-19-12-8-17(9-13-19)21(16-6-4-3-5-7-16)18-10-14-20(23-2)15-11-18;22-14-16-6-10-19(11-7-16)21(18-4-2-1-3-5-18)20-12-8-17(15-23)9-13-20;2*1-4-10-16(11-5-1)19(17-12-6-2-7-13-17)18-14-8-3-9-15-18;2*1-3-2/h3-15H,1-2H3;1-15H;2*1-15H;2*3H2,1-2H3. The van der Waals surface area contributed by atoms with Crippen LogP contribution in [0, 0.1) is 0 Å². The maximum absolute atomic E-state index is 10.9. The minimum absolute atomic E-state index is 0.637. The molecule has 0 atom stereocenters. The highest BCUT2D eigenvalue weighted by Crippen LogP contribution is 2.38. The van der Waals surface area contributed by atoms with E-state index in [1.165, 1.54) is 47.0 Å². The lowest BCUT2D eigenvalue weighted by atomic mass is 10.1. The van der Waals surface area contributed by atoms with E-state index in [9.17, 15) is 9.59 Å². The maximum atomic E-state index is 10.9. The van der Waals surface area contributed by atoms with Gasteiger partial charge in [-0.05, 0) is 194 Å². The summed E-state index contributed by atoms with van der Waals surface area (Å²) >= 11 is 0. The number of ether oxygens (including phenoxy) is 2. The predicted octanol–water partition coefficient (Wildman–Crippen LogP) is 23.1. The number of nitrogens with zero attached hydrogens (tertiary/aromatic N) is 4. The van der Waals surface area contributed by atoms with Crippen molar-refractivity contribution >= 4 is 80.8 Å². The Morgan fingerprint density at radius 3 is 0.489 bits per heavy atom. The van der Waals surface area contributed by atoms with Gasteiger partial charge in [-0.3, -0.25) is 9.59 Å². The zero-order valence-electron chi connectivity index (χ0n) is 52.3. The molecular formula is C82H80N4O4. The molecule has 8 heteroatoms. The summed E-state index contributed by atoms with van der Waals surface area (Å²) in [6.07, 6.45) is 4.16. The van der Waals surface area contributed by atoms with Gasteiger partial charge in [-0.15, -0.1) is 0 Å². The highest BCUT2D eigenvalue weighted by Gasteiger charge is 2.15. The van der Waals surface area contributed by atoms with Crippen molar-refractivity contribution in [2.75, 3.05) is 33.8 Å². The molecule has 0 spiro atoms. The number of carbonyl (C=O) groups excluding carboxylic acids is 2. The second-order valence-corrected chi connectivity index (χ2v) is 20.3. The smallest absolute Gasteiger partial charge is 0.150 e. The van der Waals surface area contributed by atoms with Crippen LogP contribution >= 0.6 is 0 Å². The first-order chi connectivity index (χ1) is 44.4. The Balaban J connectivity index is 0.000000166. The van der Waals surface area contributed by atoms with Crippen LogP contribution in [-0.2, 0) is 0 Å². The molecule has 0 saturated heterocycles. The second-order valence-electron chi connectivity index (χ2n) is 20.3. The van der Waals surface area contributed by atoms with Gasteiger partial charge in [0.05, 0.1) is 14.2 Å². The fraction of sp³-hybridized carbons (Fsp3) is 0.0976. The van der Waals surface area contributed by atoms with E-state index in [-0.39, 0.29) is 0 Å². The number of carbonyl (C=O) groups is 2. The molecule has 0 aliphatic heterocycles. The highest BCUT2D eigenvalue weighted by atomic mass is 16.5. The zero-order chi connectivity index (χ0) is 63.4. The Bertz CT molecular complexity index is 3430. The first-order valence-corrected chi connectivity index (χ1v) is 30.4. The number of anilines is 12. The third-order valence-electron chi connectivity index (χ3n) is 13.4. The summed E-state index contributed by atoms with van der Waals surface area (Å²) in [6.45, 7) is 8.50. The van der Waals surface area contributed by atoms with Crippen LogP contribution < -0.4 is 29.1 Å². The molecule has 0 bridgehead atoms. The quantitative estimate of drug-likeness (QED) is 0.0887. The van der Waals surface area contributed by atoms with E-state index in [1.807, 2.05) is 133 Å². The summed E-state index contributed by atoms with van der Waals surface area (Å²) in [5, 5.41) is 0. The van der Waals surface area contributed by atoms with E-state index < -0.39 is 0 Å². The van der Waals surface area contributed by atoms with Crippen LogP contribution in [0.25, 0.3) is 0 Å². The van der Waals surface area contributed by atoms with Crippen molar-refractivity contribution < 1.29 is 19.1 Å². The number of hydrogen-bond acceptors (Lipinski definition) is 8. The summed E-state index contributed by atoms with van der Waals surface area (Å²) in [5.41, 5.74) is 14.4. The van der Waals surface area contributed by atoms with Crippen LogP contribution in [0.5, 0.6) is 11.5 Å². The third kappa shape index (κ3) is 19.9. The van der Waals surface area contributed by atoms with Gasteiger partial charge < -0.3 is 29.1 Å². The van der Waals surface area contributed by atoms with Crippen molar-refractivity contribution in [1.82, 2.24) is 0 Å². The minimum Gasteiger partial charge on any atom is -0.497 e. The number of para-hydroxylation sites is 8. The molecule has 0 radical (unpaired) electrons. The van der Waals surface area contributed by atoms with E-state index >= 15 is 0 Å². The van der Waals surface area contributed by atoms with Crippen LogP contribution in [-0.4, -0.2) is 26.8 Å². The van der Waals surface area contributed by atoms with Gasteiger partial charge >= 0.3 is 0 Å². The summed E-state index contributed by atoms with van der Waals surface area (Å²) in [5.74, 6) is 1.69. The van der Waals surface area contributed by atoms with Gasteiger partial charge in [0.15, 0.2) is 0 Å². The van der Waals surface area contributed by atoms with E-state index in [0.717, 1.165) is 58.2 Å². The molecule has 12 aromatic carbocycles. The van der Waals surface area contributed by atoms with Crippen molar-refractivity contribution in [1.29, 1.82) is 0 Å². The second kappa shape index (κ2) is 37.4. The molecule has 0 N–H and O–H groups in total. The molecule has 0 fully saturated rings. The SMILES string of the molecule is CCC.CCC.COc1ccc(N(c2ccccc2)c2ccc(OC)cc2)cc1.O=Cc1ccc(N(c2ccccc2)c2ccc(C=O)cc2)cc1.c1ccc(N(c2ccccc2)c2ccccc2)cc1.c1ccc(N(c2ccccc2)c2ccccc2)cc1. The third-order valence-corrected chi connectivity index (χ3v) is 13.4. The Morgan fingerprint density at radius 2 is 0.356 bits per heavy atom. The molecule has 0 aliphatic carbocycles. The van der Waals surface area contributed by atoms with Crippen LogP contribution in [0.4, 0.5) is 68.2 Å². The van der Waals surface area contributed by atoms with Gasteiger partial charge in [-0.1, -0.05) is 186 Å².